The van der Waals surface area contributed by atoms with E-state index in [1.165, 1.54) is 35.1 Å². The number of rotatable bonds is 0. The van der Waals surface area contributed by atoms with Gasteiger partial charge in [-0.25, -0.2) is 0 Å². The van der Waals surface area contributed by atoms with Gasteiger partial charge in [-0.05, 0) is 48.0 Å². The third kappa shape index (κ3) is 0.899. The summed E-state index contributed by atoms with van der Waals surface area (Å²) in [5.41, 5.74) is 5.62. The van der Waals surface area contributed by atoms with E-state index in [9.17, 15) is 0 Å². The molecule has 1 heterocycles. The van der Waals surface area contributed by atoms with Crippen molar-refractivity contribution < 1.29 is 0 Å². The highest BCUT2D eigenvalue weighted by Gasteiger charge is 2.30. The van der Waals surface area contributed by atoms with Crippen LogP contribution < -0.4 is 0 Å². The maximum Gasteiger partial charge on any atom is 0.0700 e. The van der Waals surface area contributed by atoms with Crippen LogP contribution in [0.1, 0.15) is 30.4 Å². The lowest BCUT2D eigenvalue weighted by molar-refractivity contribution is 0.612. The molecule has 0 aliphatic heterocycles. The molecule has 0 spiro atoms. The van der Waals surface area contributed by atoms with Gasteiger partial charge in [0.05, 0.1) is 12.0 Å². The molecule has 0 radical (unpaired) electrons. The molecule has 0 saturated carbocycles. The van der Waals surface area contributed by atoms with Crippen molar-refractivity contribution in [1.82, 2.24) is 4.98 Å². The Morgan fingerprint density at radius 3 is 3.21 bits per heavy atom. The molecule has 2 nitrogen and oxygen atoms in total. The Bertz CT molecular complexity index is 445. The zero-order valence-corrected chi connectivity index (χ0v) is 8.01. The molecule has 1 N–H and O–H groups in total. The maximum atomic E-state index is 9.06. The van der Waals surface area contributed by atoms with Crippen LogP contribution in [0, 0.1) is 17.2 Å². The second-order valence-electron chi connectivity index (χ2n) is 4.15. The van der Waals surface area contributed by atoms with Crippen LogP contribution in [0.15, 0.2) is 18.0 Å². The zero-order valence-electron chi connectivity index (χ0n) is 8.01. The van der Waals surface area contributed by atoms with Crippen LogP contribution in [0.2, 0.25) is 0 Å². The minimum atomic E-state index is 0.186. The number of nitrogens with one attached hydrogen (secondary N) is 1. The Morgan fingerprint density at radius 1 is 1.43 bits per heavy atom. The van der Waals surface area contributed by atoms with E-state index >= 15 is 0 Å². The summed E-state index contributed by atoms with van der Waals surface area (Å²) in [7, 11) is 0. The quantitative estimate of drug-likeness (QED) is 0.661. The standard InChI is InChI=1S/C12H12N2/c13-5-8-2-1-3-10-11(8)4-9-6-14-7-12(9)10/h6-8,14H,1-4H2. The fourth-order valence-corrected chi connectivity index (χ4v) is 2.74. The second-order valence-corrected chi connectivity index (χ2v) is 4.15. The van der Waals surface area contributed by atoms with Crippen molar-refractivity contribution in [2.75, 3.05) is 0 Å². The number of allylic oxidation sites excluding steroid dienone is 2. The number of H-pyrrole nitrogens is 1. The number of hydrogen-bond acceptors (Lipinski definition) is 1. The van der Waals surface area contributed by atoms with E-state index < -0.39 is 0 Å². The summed E-state index contributed by atoms with van der Waals surface area (Å²) in [6.45, 7) is 0. The van der Waals surface area contributed by atoms with Crippen LogP contribution in [0.25, 0.3) is 5.57 Å². The normalized spacial score (nSPS) is 24.4. The first-order valence-electron chi connectivity index (χ1n) is 5.17. The average molecular weight is 184 g/mol. The topological polar surface area (TPSA) is 39.6 Å². The summed E-state index contributed by atoms with van der Waals surface area (Å²) in [5, 5.41) is 9.06. The molecule has 1 aromatic rings. The predicted octanol–water partition coefficient (Wildman–Crippen LogP) is 2.65. The highest BCUT2D eigenvalue weighted by molar-refractivity contribution is 5.77. The SMILES string of the molecule is N#CC1CCCC2=C1Cc1c[nH]cc12. The van der Waals surface area contributed by atoms with Crippen LogP contribution in [-0.4, -0.2) is 4.98 Å². The lowest BCUT2D eigenvalue weighted by atomic mass is 9.84. The molecular weight excluding hydrogens is 172 g/mol. The van der Waals surface area contributed by atoms with Gasteiger partial charge in [0.25, 0.3) is 0 Å². The Balaban J connectivity index is 2.10. The van der Waals surface area contributed by atoms with Crippen LogP contribution >= 0.6 is 0 Å². The van der Waals surface area contributed by atoms with Gasteiger partial charge in [-0.1, -0.05) is 0 Å². The lowest BCUT2D eigenvalue weighted by Gasteiger charge is -2.19. The van der Waals surface area contributed by atoms with Crippen molar-refractivity contribution in [3.63, 3.8) is 0 Å². The smallest absolute Gasteiger partial charge is 0.0700 e. The van der Waals surface area contributed by atoms with Crippen molar-refractivity contribution in [2.24, 2.45) is 5.92 Å². The summed E-state index contributed by atoms with van der Waals surface area (Å²) >= 11 is 0. The predicted molar refractivity (Wildman–Crippen MR) is 54.4 cm³/mol. The van der Waals surface area contributed by atoms with Crippen molar-refractivity contribution in [2.45, 2.75) is 25.7 Å². The molecule has 1 unspecified atom stereocenters. The Labute approximate surface area is 83.3 Å². The van der Waals surface area contributed by atoms with Gasteiger partial charge in [0.15, 0.2) is 0 Å². The molecule has 1 aromatic heterocycles. The number of aromatic amines is 1. The Morgan fingerprint density at radius 2 is 2.36 bits per heavy atom. The number of aromatic nitrogens is 1. The van der Waals surface area contributed by atoms with Crippen molar-refractivity contribution in [3.8, 4) is 6.07 Å². The molecule has 2 aliphatic carbocycles. The zero-order chi connectivity index (χ0) is 9.54. The molecule has 0 aromatic carbocycles. The summed E-state index contributed by atoms with van der Waals surface area (Å²) in [6.07, 6.45) is 8.55. The molecule has 0 bridgehead atoms. The van der Waals surface area contributed by atoms with Crippen molar-refractivity contribution in [3.05, 3.63) is 29.1 Å². The van der Waals surface area contributed by atoms with Crippen LogP contribution in [0.4, 0.5) is 0 Å². The van der Waals surface area contributed by atoms with Gasteiger partial charge < -0.3 is 4.98 Å². The van der Waals surface area contributed by atoms with E-state index in [-0.39, 0.29) is 5.92 Å². The van der Waals surface area contributed by atoms with Crippen LogP contribution in [0.3, 0.4) is 0 Å². The molecule has 0 amide bonds. The Hall–Kier alpha value is -1.49. The molecule has 70 valence electrons. The molecule has 14 heavy (non-hydrogen) atoms. The third-order valence-corrected chi connectivity index (χ3v) is 3.42. The van der Waals surface area contributed by atoms with E-state index in [1.54, 1.807) is 0 Å². The number of nitrogens with zero attached hydrogens (tertiary/aromatic N) is 1. The summed E-state index contributed by atoms with van der Waals surface area (Å²) in [6, 6.07) is 2.43. The first kappa shape index (κ1) is 7.87. The third-order valence-electron chi connectivity index (χ3n) is 3.42. The van der Waals surface area contributed by atoms with E-state index in [4.69, 9.17) is 5.26 Å². The van der Waals surface area contributed by atoms with Gasteiger partial charge in [-0.3, -0.25) is 0 Å². The molecule has 0 fully saturated rings. The lowest BCUT2D eigenvalue weighted by Crippen LogP contribution is -2.08. The van der Waals surface area contributed by atoms with Crippen molar-refractivity contribution in [1.29, 1.82) is 5.26 Å². The van der Waals surface area contributed by atoms with Gasteiger partial charge in [-0.2, -0.15) is 5.26 Å². The largest absolute Gasteiger partial charge is 0.367 e. The Kier molecular flexibility index (Phi) is 1.55. The van der Waals surface area contributed by atoms with Crippen LogP contribution in [-0.2, 0) is 6.42 Å². The number of fused-ring (bicyclic) bond motifs is 2. The minimum absolute atomic E-state index is 0.186. The van der Waals surface area contributed by atoms with E-state index in [0.717, 1.165) is 12.8 Å². The molecule has 3 rings (SSSR count). The highest BCUT2D eigenvalue weighted by atomic mass is 14.7. The maximum absolute atomic E-state index is 9.06. The fraction of sp³-hybridized carbons (Fsp3) is 0.417. The van der Waals surface area contributed by atoms with Crippen LogP contribution in [0.5, 0.6) is 0 Å². The van der Waals surface area contributed by atoms with Crippen molar-refractivity contribution >= 4 is 5.57 Å². The van der Waals surface area contributed by atoms with Gasteiger partial charge in [0.2, 0.25) is 0 Å². The monoisotopic (exact) mass is 184 g/mol. The minimum Gasteiger partial charge on any atom is -0.367 e. The van der Waals surface area contributed by atoms with Gasteiger partial charge in [0, 0.05) is 12.4 Å². The molecule has 2 aliphatic rings. The van der Waals surface area contributed by atoms with E-state index in [0.29, 0.717) is 0 Å². The first-order valence-corrected chi connectivity index (χ1v) is 5.17. The van der Waals surface area contributed by atoms with Gasteiger partial charge in [-0.15, -0.1) is 0 Å². The number of nitriles is 1. The average Bonchev–Trinajstić information content (AvgIpc) is 2.76. The van der Waals surface area contributed by atoms with E-state index in [2.05, 4.69) is 23.4 Å². The first-order chi connectivity index (χ1) is 6.90. The fourth-order valence-electron chi connectivity index (χ4n) is 2.74. The van der Waals surface area contributed by atoms with E-state index in [1.807, 2.05) is 0 Å². The summed E-state index contributed by atoms with van der Waals surface area (Å²) in [4.78, 5) is 3.15. The second kappa shape index (κ2) is 2.75. The molecular formula is C12H12N2. The number of hydrogen-bond donors (Lipinski definition) is 1. The van der Waals surface area contributed by atoms with Gasteiger partial charge >= 0.3 is 0 Å². The highest BCUT2D eigenvalue weighted by Crippen LogP contribution is 2.43. The molecule has 1 atom stereocenters. The summed E-state index contributed by atoms with van der Waals surface area (Å²) in [5.74, 6) is 0.186. The molecule has 2 heteroatoms. The summed E-state index contributed by atoms with van der Waals surface area (Å²) < 4.78 is 0. The van der Waals surface area contributed by atoms with Gasteiger partial charge in [0.1, 0.15) is 0 Å². The molecule has 0 saturated heterocycles.